The Morgan fingerprint density at radius 2 is 1.95 bits per heavy atom. The quantitative estimate of drug-likeness (QED) is 0.779. The molecule has 110 valence electrons. The summed E-state index contributed by atoms with van der Waals surface area (Å²) < 4.78 is 43.5. The molecule has 0 saturated carbocycles. The van der Waals surface area contributed by atoms with Gasteiger partial charge in [-0.2, -0.15) is 13.2 Å². The van der Waals surface area contributed by atoms with Gasteiger partial charge in [0.25, 0.3) is 0 Å². The lowest BCUT2D eigenvalue weighted by Gasteiger charge is -2.13. The van der Waals surface area contributed by atoms with Gasteiger partial charge in [0.05, 0.1) is 29.0 Å². The molecule has 0 aliphatic carbocycles. The highest BCUT2D eigenvalue weighted by Crippen LogP contribution is 2.36. The van der Waals surface area contributed by atoms with Crippen molar-refractivity contribution in [3.63, 3.8) is 0 Å². The van der Waals surface area contributed by atoms with Gasteiger partial charge in [-0.3, -0.25) is 4.98 Å². The number of hydrogen-bond donors (Lipinski definition) is 0. The van der Waals surface area contributed by atoms with Crippen LogP contribution in [-0.2, 0) is 10.9 Å². The van der Waals surface area contributed by atoms with E-state index < -0.39 is 17.7 Å². The fourth-order valence-electron chi connectivity index (χ4n) is 1.81. The third-order valence-corrected chi connectivity index (χ3v) is 3.07. The molecule has 1 aromatic heterocycles. The zero-order valence-electron chi connectivity index (χ0n) is 10.7. The Kier molecular flexibility index (Phi) is 4.18. The third-order valence-electron chi connectivity index (χ3n) is 2.77. The van der Waals surface area contributed by atoms with Gasteiger partial charge >= 0.3 is 12.1 Å². The Bertz CT molecular complexity index is 686. The molecule has 3 nitrogen and oxygen atoms in total. The van der Waals surface area contributed by atoms with Crippen molar-refractivity contribution in [2.45, 2.75) is 6.18 Å². The number of ether oxygens (including phenoxy) is 1. The average molecular weight is 316 g/mol. The largest absolute Gasteiger partial charge is 0.465 e. The monoisotopic (exact) mass is 315 g/mol. The van der Waals surface area contributed by atoms with E-state index in [1.165, 1.54) is 24.3 Å². The molecule has 0 fully saturated rings. The van der Waals surface area contributed by atoms with Crippen LogP contribution in [0.25, 0.3) is 11.3 Å². The lowest BCUT2D eigenvalue weighted by Crippen LogP contribution is -2.08. The fraction of sp³-hybridized carbons (Fsp3) is 0.143. The summed E-state index contributed by atoms with van der Waals surface area (Å²) in [6, 6.07) is 6.14. The van der Waals surface area contributed by atoms with Crippen molar-refractivity contribution in [2.75, 3.05) is 7.11 Å². The van der Waals surface area contributed by atoms with Gasteiger partial charge in [0.1, 0.15) is 0 Å². The summed E-state index contributed by atoms with van der Waals surface area (Å²) in [7, 11) is 1.16. The molecule has 0 spiro atoms. The zero-order chi connectivity index (χ0) is 15.6. The molecule has 0 N–H and O–H groups in total. The van der Waals surface area contributed by atoms with E-state index in [0.717, 1.165) is 19.4 Å². The van der Waals surface area contributed by atoms with Crippen LogP contribution in [0.3, 0.4) is 0 Å². The van der Waals surface area contributed by atoms with Crippen LogP contribution in [0.15, 0.2) is 36.5 Å². The van der Waals surface area contributed by atoms with Crippen molar-refractivity contribution < 1.29 is 22.7 Å². The maximum atomic E-state index is 13.0. The van der Waals surface area contributed by atoms with Gasteiger partial charge in [0.15, 0.2) is 0 Å². The fourth-order valence-corrected chi connectivity index (χ4v) is 1.99. The molecular formula is C14H9ClF3NO2. The Balaban J connectivity index is 2.61. The van der Waals surface area contributed by atoms with E-state index in [1.807, 2.05) is 0 Å². The molecule has 2 aromatic rings. The average Bonchev–Trinajstić information content (AvgIpc) is 2.46. The first-order valence-corrected chi connectivity index (χ1v) is 6.13. The van der Waals surface area contributed by atoms with E-state index in [4.69, 9.17) is 11.6 Å². The van der Waals surface area contributed by atoms with Gasteiger partial charge in [-0.15, -0.1) is 0 Å². The number of aromatic nitrogens is 1. The lowest BCUT2D eigenvalue weighted by atomic mass is 10.0. The minimum atomic E-state index is -4.52. The van der Waals surface area contributed by atoms with Crippen LogP contribution in [0.1, 0.15) is 15.9 Å². The number of benzene rings is 1. The Morgan fingerprint density at radius 1 is 1.29 bits per heavy atom. The van der Waals surface area contributed by atoms with Crippen molar-refractivity contribution in [2.24, 2.45) is 0 Å². The van der Waals surface area contributed by atoms with Gasteiger partial charge in [-0.25, -0.2) is 4.79 Å². The Morgan fingerprint density at radius 3 is 2.57 bits per heavy atom. The van der Waals surface area contributed by atoms with Crippen LogP contribution in [0.4, 0.5) is 13.2 Å². The highest BCUT2D eigenvalue weighted by atomic mass is 35.5. The van der Waals surface area contributed by atoms with E-state index in [-0.39, 0.29) is 21.8 Å². The summed E-state index contributed by atoms with van der Waals surface area (Å²) >= 11 is 5.80. The third kappa shape index (κ3) is 3.16. The molecule has 0 radical (unpaired) electrons. The van der Waals surface area contributed by atoms with E-state index in [2.05, 4.69) is 9.72 Å². The summed E-state index contributed by atoms with van der Waals surface area (Å²) in [6.45, 7) is 0. The Hall–Kier alpha value is -2.08. The van der Waals surface area contributed by atoms with E-state index in [0.29, 0.717) is 0 Å². The van der Waals surface area contributed by atoms with Crippen LogP contribution in [0.5, 0.6) is 0 Å². The van der Waals surface area contributed by atoms with Gasteiger partial charge in [0.2, 0.25) is 0 Å². The minimum absolute atomic E-state index is 0.00674. The maximum Gasteiger partial charge on any atom is 0.417 e. The number of methoxy groups -OCH3 is 1. The maximum absolute atomic E-state index is 13.0. The second-order valence-electron chi connectivity index (χ2n) is 4.08. The predicted molar refractivity (Wildman–Crippen MR) is 71.0 cm³/mol. The Labute approximate surface area is 123 Å². The zero-order valence-corrected chi connectivity index (χ0v) is 11.5. The van der Waals surface area contributed by atoms with Crippen LogP contribution >= 0.6 is 11.6 Å². The van der Waals surface area contributed by atoms with Crippen LogP contribution < -0.4 is 0 Å². The molecule has 0 atom stereocenters. The van der Waals surface area contributed by atoms with Crippen molar-refractivity contribution >= 4 is 17.6 Å². The normalized spacial score (nSPS) is 11.3. The SMILES string of the molecule is COC(=O)c1cc(-c2ccccc2C(F)(F)F)ncc1Cl. The van der Waals surface area contributed by atoms with Gasteiger partial charge in [0, 0.05) is 11.8 Å². The first-order chi connectivity index (χ1) is 9.84. The second kappa shape index (κ2) is 5.73. The molecule has 0 unspecified atom stereocenters. The first kappa shape index (κ1) is 15.3. The predicted octanol–water partition coefficient (Wildman–Crippen LogP) is 4.21. The number of nitrogens with zero attached hydrogens (tertiary/aromatic N) is 1. The van der Waals surface area contributed by atoms with Crippen molar-refractivity contribution in [1.29, 1.82) is 0 Å². The van der Waals surface area contributed by atoms with Gasteiger partial charge < -0.3 is 4.74 Å². The number of rotatable bonds is 2. The van der Waals surface area contributed by atoms with Crippen LogP contribution in [0.2, 0.25) is 5.02 Å². The molecule has 1 heterocycles. The second-order valence-corrected chi connectivity index (χ2v) is 4.49. The van der Waals surface area contributed by atoms with Crippen molar-refractivity contribution in [3.05, 3.63) is 52.7 Å². The number of hydrogen-bond acceptors (Lipinski definition) is 3. The summed E-state index contributed by atoms with van der Waals surface area (Å²) in [5, 5.41) is 0.00934. The first-order valence-electron chi connectivity index (χ1n) is 5.75. The molecule has 21 heavy (non-hydrogen) atoms. The molecule has 2 rings (SSSR count). The lowest BCUT2D eigenvalue weighted by molar-refractivity contribution is -0.137. The molecule has 7 heteroatoms. The molecular weight excluding hydrogens is 307 g/mol. The topological polar surface area (TPSA) is 39.2 Å². The molecule has 0 aliphatic heterocycles. The van der Waals surface area contributed by atoms with Crippen LogP contribution in [-0.4, -0.2) is 18.1 Å². The van der Waals surface area contributed by atoms with E-state index in [9.17, 15) is 18.0 Å². The molecule has 0 bridgehead atoms. The number of carbonyl (C=O) groups excluding carboxylic acids is 1. The van der Waals surface area contributed by atoms with Crippen molar-refractivity contribution in [3.8, 4) is 11.3 Å². The number of esters is 1. The summed E-state index contributed by atoms with van der Waals surface area (Å²) in [6.07, 6.45) is -3.40. The minimum Gasteiger partial charge on any atom is -0.465 e. The molecule has 0 saturated heterocycles. The summed E-state index contributed by atoms with van der Waals surface area (Å²) in [5.41, 5.74) is -1.02. The summed E-state index contributed by atoms with van der Waals surface area (Å²) in [4.78, 5) is 15.4. The molecule has 1 aromatic carbocycles. The van der Waals surface area contributed by atoms with E-state index in [1.54, 1.807) is 0 Å². The highest BCUT2D eigenvalue weighted by Gasteiger charge is 2.33. The number of carbonyl (C=O) groups is 1. The van der Waals surface area contributed by atoms with Gasteiger partial charge in [-0.05, 0) is 12.1 Å². The van der Waals surface area contributed by atoms with Crippen molar-refractivity contribution in [1.82, 2.24) is 4.98 Å². The number of halogens is 4. The standard InChI is InChI=1S/C14H9ClF3NO2/c1-21-13(20)9-6-12(19-7-11(9)15)8-4-2-3-5-10(8)14(16,17)18/h2-7H,1H3. The van der Waals surface area contributed by atoms with E-state index >= 15 is 0 Å². The molecule has 0 aliphatic rings. The molecule has 0 amide bonds. The van der Waals surface area contributed by atoms with Crippen LogP contribution in [0, 0.1) is 0 Å². The smallest absolute Gasteiger partial charge is 0.417 e. The van der Waals surface area contributed by atoms with Gasteiger partial charge in [-0.1, -0.05) is 29.8 Å². The number of pyridine rings is 1. The number of alkyl halides is 3. The summed E-state index contributed by atoms with van der Waals surface area (Å²) in [5.74, 6) is -0.742. The highest BCUT2D eigenvalue weighted by molar-refractivity contribution is 6.33.